The highest BCUT2D eigenvalue weighted by Gasteiger charge is 2.34. The van der Waals surface area contributed by atoms with Gasteiger partial charge in [-0.05, 0) is 41.7 Å². The van der Waals surface area contributed by atoms with E-state index < -0.39 is 27.9 Å². The lowest BCUT2D eigenvalue weighted by Crippen LogP contribution is -2.49. The normalized spacial score (nSPS) is 11.9. The fraction of sp³-hybridized carbons (Fsp3) is 0.250. The Bertz CT molecular complexity index is 1340. The van der Waals surface area contributed by atoms with Crippen LogP contribution < -0.4 is 21.9 Å². The number of nitrogens with one attached hydrogen (secondary N) is 1. The standard InChI is InChI=1S/C28H34N6O4S/c1-39(37,38)33-23-16-14-20(15-17-23)19-34(24(26(29)35)13-8-18-32-28(30)31)27(36)25(21-9-4-2-5-10-21)22-11-6-3-7-12-22/h2-7,9-12,14-17,24-25,33H,8,13,18-19H2,1H3,(H2,29,35)(H4,30,31,32)/t24-/m0/s1. The first-order chi connectivity index (χ1) is 18.5. The third-order valence-corrected chi connectivity index (χ3v) is 6.65. The minimum absolute atomic E-state index is 0.0606. The van der Waals surface area contributed by atoms with E-state index >= 15 is 0 Å². The van der Waals surface area contributed by atoms with E-state index in [4.69, 9.17) is 17.2 Å². The number of nitrogens with zero attached hydrogens (tertiary/aromatic N) is 2. The zero-order chi connectivity index (χ0) is 28.4. The predicted molar refractivity (Wildman–Crippen MR) is 153 cm³/mol. The molecular weight excluding hydrogens is 516 g/mol. The molecule has 7 N–H and O–H groups in total. The van der Waals surface area contributed by atoms with Crippen LogP contribution in [0.2, 0.25) is 0 Å². The number of carbonyl (C=O) groups excluding carboxylic acids is 2. The number of anilines is 1. The van der Waals surface area contributed by atoms with Gasteiger partial charge in [0.05, 0.1) is 12.2 Å². The van der Waals surface area contributed by atoms with E-state index in [1.54, 1.807) is 24.3 Å². The van der Waals surface area contributed by atoms with Gasteiger partial charge in [-0.1, -0.05) is 72.8 Å². The molecule has 0 radical (unpaired) electrons. The number of sulfonamides is 1. The van der Waals surface area contributed by atoms with Crippen molar-refractivity contribution in [3.8, 4) is 0 Å². The highest BCUT2D eigenvalue weighted by molar-refractivity contribution is 7.92. The van der Waals surface area contributed by atoms with Crippen LogP contribution in [-0.4, -0.2) is 49.9 Å². The Labute approximate surface area is 229 Å². The Balaban J connectivity index is 2.01. The molecule has 0 bridgehead atoms. The van der Waals surface area contributed by atoms with Gasteiger partial charge in [-0.3, -0.25) is 19.3 Å². The van der Waals surface area contributed by atoms with Crippen LogP contribution in [0.4, 0.5) is 5.69 Å². The highest BCUT2D eigenvalue weighted by Crippen LogP contribution is 2.29. The second-order valence-corrected chi connectivity index (χ2v) is 10.9. The number of guanidine groups is 1. The molecule has 0 aromatic heterocycles. The summed E-state index contributed by atoms with van der Waals surface area (Å²) in [5.41, 5.74) is 19.3. The topological polar surface area (TPSA) is 174 Å². The first-order valence-electron chi connectivity index (χ1n) is 12.4. The van der Waals surface area contributed by atoms with E-state index in [0.717, 1.165) is 17.4 Å². The van der Waals surface area contributed by atoms with Gasteiger partial charge in [-0.2, -0.15) is 0 Å². The van der Waals surface area contributed by atoms with Crippen LogP contribution in [0.1, 0.15) is 35.4 Å². The Morgan fingerprint density at radius 2 is 1.41 bits per heavy atom. The van der Waals surface area contributed by atoms with Crippen LogP contribution in [-0.2, 0) is 26.2 Å². The second kappa shape index (κ2) is 13.4. The van der Waals surface area contributed by atoms with Gasteiger partial charge in [0, 0.05) is 18.8 Å². The van der Waals surface area contributed by atoms with E-state index in [1.807, 2.05) is 60.7 Å². The summed E-state index contributed by atoms with van der Waals surface area (Å²) >= 11 is 0. The summed E-state index contributed by atoms with van der Waals surface area (Å²) < 4.78 is 25.6. The van der Waals surface area contributed by atoms with Crippen molar-refractivity contribution in [3.05, 3.63) is 102 Å². The number of rotatable bonds is 13. The third-order valence-electron chi connectivity index (χ3n) is 6.04. The Kier molecular flexibility index (Phi) is 10.0. The lowest BCUT2D eigenvalue weighted by Gasteiger charge is -2.33. The number of nitrogens with two attached hydrogens (primary N) is 3. The zero-order valence-corrected chi connectivity index (χ0v) is 22.6. The average molecular weight is 551 g/mol. The van der Waals surface area contributed by atoms with E-state index in [2.05, 4.69) is 9.71 Å². The number of aliphatic imine (C=N–C) groups is 1. The minimum atomic E-state index is -3.45. The number of carbonyl (C=O) groups is 2. The van der Waals surface area contributed by atoms with E-state index in [0.29, 0.717) is 17.7 Å². The molecule has 0 saturated carbocycles. The van der Waals surface area contributed by atoms with Crippen molar-refractivity contribution < 1.29 is 18.0 Å². The fourth-order valence-corrected chi connectivity index (χ4v) is 4.87. The summed E-state index contributed by atoms with van der Waals surface area (Å²) in [5.74, 6) is -1.69. The molecule has 3 rings (SSSR count). The van der Waals surface area contributed by atoms with E-state index in [-0.39, 0.29) is 31.4 Å². The lowest BCUT2D eigenvalue weighted by atomic mass is 9.89. The Morgan fingerprint density at radius 3 is 1.87 bits per heavy atom. The first kappa shape index (κ1) is 29.2. The minimum Gasteiger partial charge on any atom is -0.370 e. The quantitative estimate of drug-likeness (QED) is 0.144. The number of benzene rings is 3. The van der Waals surface area contributed by atoms with Crippen molar-refractivity contribution in [2.75, 3.05) is 17.5 Å². The maximum Gasteiger partial charge on any atom is 0.240 e. The second-order valence-electron chi connectivity index (χ2n) is 9.16. The summed E-state index contributed by atoms with van der Waals surface area (Å²) in [6.45, 7) is 0.352. The van der Waals surface area contributed by atoms with E-state index in [1.165, 1.54) is 4.90 Å². The molecule has 0 saturated heterocycles. The SMILES string of the molecule is CS(=O)(=O)Nc1ccc(CN(C(=O)C(c2ccccc2)c2ccccc2)[C@@H](CCCN=C(N)N)C(N)=O)cc1. The Hall–Kier alpha value is -4.38. The molecule has 10 nitrogen and oxygen atoms in total. The number of amides is 2. The average Bonchev–Trinajstić information content (AvgIpc) is 2.89. The van der Waals surface area contributed by atoms with Gasteiger partial charge >= 0.3 is 0 Å². The molecule has 0 fully saturated rings. The molecule has 0 aliphatic carbocycles. The third kappa shape index (κ3) is 8.85. The van der Waals surface area contributed by atoms with Crippen molar-refractivity contribution in [2.24, 2.45) is 22.2 Å². The van der Waals surface area contributed by atoms with Crippen LogP contribution in [0, 0.1) is 0 Å². The van der Waals surface area contributed by atoms with Crippen LogP contribution >= 0.6 is 0 Å². The molecule has 11 heteroatoms. The number of hydrogen-bond acceptors (Lipinski definition) is 5. The monoisotopic (exact) mass is 550 g/mol. The van der Waals surface area contributed by atoms with Crippen molar-refractivity contribution in [2.45, 2.75) is 31.3 Å². The Morgan fingerprint density at radius 1 is 0.872 bits per heavy atom. The van der Waals surface area contributed by atoms with Crippen LogP contribution in [0.15, 0.2) is 89.9 Å². The summed E-state index contributed by atoms with van der Waals surface area (Å²) in [6.07, 6.45) is 1.74. The van der Waals surface area contributed by atoms with Gasteiger partial charge in [0.15, 0.2) is 5.96 Å². The molecule has 3 aromatic rings. The molecule has 2 amide bonds. The van der Waals surface area contributed by atoms with Crippen LogP contribution in [0.25, 0.3) is 0 Å². The van der Waals surface area contributed by atoms with Crippen molar-refractivity contribution in [1.29, 1.82) is 0 Å². The fourth-order valence-electron chi connectivity index (χ4n) is 4.31. The van der Waals surface area contributed by atoms with Gasteiger partial charge in [0.2, 0.25) is 21.8 Å². The largest absolute Gasteiger partial charge is 0.370 e. The molecule has 39 heavy (non-hydrogen) atoms. The molecule has 0 spiro atoms. The van der Waals surface area contributed by atoms with Gasteiger partial charge in [0.25, 0.3) is 0 Å². The number of primary amides is 1. The zero-order valence-electron chi connectivity index (χ0n) is 21.7. The maximum atomic E-state index is 14.3. The van der Waals surface area contributed by atoms with Crippen molar-refractivity contribution in [3.63, 3.8) is 0 Å². The van der Waals surface area contributed by atoms with Crippen LogP contribution in [0.3, 0.4) is 0 Å². The van der Waals surface area contributed by atoms with Gasteiger partial charge < -0.3 is 22.1 Å². The smallest absolute Gasteiger partial charge is 0.240 e. The molecule has 3 aromatic carbocycles. The molecule has 0 unspecified atom stereocenters. The van der Waals surface area contributed by atoms with Gasteiger partial charge in [0.1, 0.15) is 6.04 Å². The molecule has 0 aliphatic rings. The first-order valence-corrected chi connectivity index (χ1v) is 14.3. The van der Waals surface area contributed by atoms with E-state index in [9.17, 15) is 18.0 Å². The summed E-state index contributed by atoms with van der Waals surface area (Å²) in [4.78, 5) is 32.5. The summed E-state index contributed by atoms with van der Waals surface area (Å²) in [6, 6.07) is 24.3. The summed E-state index contributed by atoms with van der Waals surface area (Å²) in [5, 5.41) is 0. The lowest BCUT2D eigenvalue weighted by molar-refractivity contribution is -0.140. The molecule has 0 aliphatic heterocycles. The van der Waals surface area contributed by atoms with Gasteiger partial charge in [-0.15, -0.1) is 0 Å². The van der Waals surface area contributed by atoms with Crippen molar-refractivity contribution >= 4 is 33.5 Å². The highest BCUT2D eigenvalue weighted by atomic mass is 32.2. The molecular formula is C28H34N6O4S. The number of hydrogen-bond donors (Lipinski definition) is 4. The molecule has 0 heterocycles. The van der Waals surface area contributed by atoms with Gasteiger partial charge in [-0.25, -0.2) is 8.42 Å². The summed E-state index contributed by atoms with van der Waals surface area (Å²) in [7, 11) is -3.45. The van der Waals surface area contributed by atoms with Crippen LogP contribution in [0.5, 0.6) is 0 Å². The van der Waals surface area contributed by atoms with Crippen molar-refractivity contribution in [1.82, 2.24) is 4.90 Å². The maximum absolute atomic E-state index is 14.3. The molecule has 206 valence electrons. The predicted octanol–water partition coefficient (Wildman–Crippen LogP) is 2.13. The molecule has 1 atom stereocenters.